The van der Waals surface area contributed by atoms with Gasteiger partial charge in [0.25, 0.3) is 0 Å². The van der Waals surface area contributed by atoms with Gasteiger partial charge in [0.15, 0.2) is 0 Å². The standard InChI is InChI=1S/C15H17F8NO4S/c1-3-7-24-11(26)13(14(19,20)21,28-10(25)9(2)16)27-8-5-4-6-12(17,18)15(22,23)29/h3,29H,1-2,4-8H2,(H,24,26). The second kappa shape index (κ2) is 10.3. The first kappa shape index (κ1) is 27.2. The molecule has 0 rings (SSSR count). The molecule has 0 bridgehead atoms. The molecule has 5 nitrogen and oxygen atoms in total. The first-order valence-electron chi connectivity index (χ1n) is 7.67. The van der Waals surface area contributed by atoms with Gasteiger partial charge in [-0.15, -0.1) is 6.58 Å². The molecule has 14 heteroatoms. The van der Waals surface area contributed by atoms with Gasteiger partial charge in [0.1, 0.15) is 0 Å². The van der Waals surface area contributed by atoms with E-state index in [4.69, 9.17) is 0 Å². The predicted molar refractivity (Wildman–Crippen MR) is 87.0 cm³/mol. The zero-order valence-corrected chi connectivity index (χ0v) is 15.5. The number of carbonyl (C=O) groups excluding carboxylic acids is 2. The van der Waals surface area contributed by atoms with Crippen molar-refractivity contribution in [3.8, 4) is 0 Å². The van der Waals surface area contributed by atoms with E-state index in [0.717, 1.165) is 6.08 Å². The van der Waals surface area contributed by atoms with Crippen LogP contribution in [0.5, 0.6) is 0 Å². The van der Waals surface area contributed by atoms with E-state index >= 15 is 0 Å². The second-order valence-corrected chi connectivity index (χ2v) is 6.02. The summed E-state index contributed by atoms with van der Waals surface area (Å²) in [6.45, 7) is 3.90. The van der Waals surface area contributed by atoms with Gasteiger partial charge in [0.05, 0.1) is 6.61 Å². The molecule has 1 atom stereocenters. The lowest BCUT2D eigenvalue weighted by Gasteiger charge is -2.32. The Kier molecular flexibility index (Phi) is 9.63. The van der Waals surface area contributed by atoms with E-state index in [2.05, 4.69) is 35.3 Å². The number of alkyl halides is 7. The summed E-state index contributed by atoms with van der Waals surface area (Å²) in [4.78, 5) is 23.2. The minimum Gasteiger partial charge on any atom is -0.410 e. The van der Waals surface area contributed by atoms with Gasteiger partial charge in [0, 0.05) is 13.0 Å². The molecule has 0 aliphatic rings. The zero-order valence-electron chi connectivity index (χ0n) is 14.6. The Balaban J connectivity index is 5.38. The smallest absolute Gasteiger partial charge is 0.410 e. The number of hydrogen-bond acceptors (Lipinski definition) is 5. The van der Waals surface area contributed by atoms with E-state index in [1.54, 1.807) is 5.32 Å². The number of esters is 1. The monoisotopic (exact) mass is 459 g/mol. The maximum absolute atomic E-state index is 13.5. The van der Waals surface area contributed by atoms with Gasteiger partial charge in [-0.2, -0.15) is 35.1 Å². The molecule has 0 aromatic rings. The Morgan fingerprint density at radius 1 is 1.07 bits per heavy atom. The Labute approximate surface area is 165 Å². The van der Waals surface area contributed by atoms with E-state index in [1.807, 2.05) is 0 Å². The summed E-state index contributed by atoms with van der Waals surface area (Å²) < 4.78 is 113. The number of amides is 1. The maximum Gasteiger partial charge on any atom is 0.466 e. The average molecular weight is 459 g/mol. The van der Waals surface area contributed by atoms with Crippen LogP contribution in [-0.4, -0.2) is 48.2 Å². The van der Waals surface area contributed by atoms with Crippen molar-refractivity contribution in [1.82, 2.24) is 5.32 Å². The molecule has 168 valence electrons. The third-order valence-electron chi connectivity index (χ3n) is 3.17. The fourth-order valence-corrected chi connectivity index (χ4v) is 1.80. The minimum atomic E-state index is -5.73. The maximum atomic E-state index is 13.5. The number of thiol groups is 1. The molecule has 0 aromatic carbocycles. The van der Waals surface area contributed by atoms with Crippen LogP contribution in [0.15, 0.2) is 25.1 Å². The van der Waals surface area contributed by atoms with Gasteiger partial charge in [-0.05, 0) is 12.8 Å². The highest BCUT2D eigenvalue weighted by Crippen LogP contribution is 2.41. The summed E-state index contributed by atoms with van der Waals surface area (Å²) in [7, 11) is 0. The molecule has 0 aliphatic carbocycles. The molecular formula is C15H17F8NO4S. The predicted octanol–water partition coefficient (Wildman–Crippen LogP) is 3.92. The summed E-state index contributed by atoms with van der Waals surface area (Å²) in [5.74, 6) is -15.2. The van der Waals surface area contributed by atoms with Crippen molar-refractivity contribution < 1.29 is 54.2 Å². The SMILES string of the molecule is C=CCNC(=O)C(OCCCCC(F)(F)C(F)(F)S)(OC(=O)C(=C)F)C(F)(F)F. The van der Waals surface area contributed by atoms with Crippen molar-refractivity contribution in [2.75, 3.05) is 13.2 Å². The van der Waals surface area contributed by atoms with E-state index in [1.165, 1.54) is 0 Å². The lowest BCUT2D eigenvalue weighted by Crippen LogP contribution is -2.61. The van der Waals surface area contributed by atoms with Gasteiger partial charge in [-0.3, -0.25) is 4.79 Å². The minimum absolute atomic E-state index is 0.530. The Hall–Kier alpha value is -1.83. The van der Waals surface area contributed by atoms with Crippen molar-refractivity contribution in [2.45, 2.75) is 42.4 Å². The average Bonchev–Trinajstić information content (AvgIpc) is 2.55. The van der Waals surface area contributed by atoms with Crippen LogP contribution in [0.4, 0.5) is 35.1 Å². The fourth-order valence-electron chi connectivity index (χ4n) is 1.69. The Morgan fingerprint density at radius 3 is 2.03 bits per heavy atom. The van der Waals surface area contributed by atoms with Gasteiger partial charge >= 0.3 is 35.0 Å². The normalized spacial score (nSPS) is 14.7. The van der Waals surface area contributed by atoms with Crippen LogP contribution in [-0.2, 0) is 19.1 Å². The number of rotatable bonds is 12. The number of unbranched alkanes of at least 4 members (excludes halogenated alkanes) is 1. The first-order chi connectivity index (χ1) is 13.0. The van der Waals surface area contributed by atoms with Crippen LogP contribution >= 0.6 is 12.6 Å². The van der Waals surface area contributed by atoms with Crippen molar-refractivity contribution in [2.24, 2.45) is 0 Å². The third kappa shape index (κ3) is 7.49. The largest absolute Gasteiger partial charge is 0.466 e. The Bertz CT molecular complexity index is 620. The molecule has 0 saturated heterocycles. The summed E-state index contributed by atoms with van der Waals surface area (Å²) in [6.07, 6.45) is -7.68. The van der Waals surface area contributed by atoms with E-state index in [0.29, 0.717) is 0 Å². The number of carbonyl (C=O) groups is 2. The van der Waals surface area contributed by atoms with Crippen LogP contribution < -0.4 is 5.32 Å². The van der Waals surface area contributed by atoms with Gasteiger partial charge in [-0.1, -0.05) is 25.3 Å². The van der Waals surface area contributed by atoms with Crippen molar-refractivity contribution in [3.05, 3.63) is 25.1 Å². The van der Waals surface area contributed by atoms with Gasteiger partial charge < -0.3 is 14.8 Å². The molecule has 0 radical (unpaired) electrons. The molecule has 0 aromatic heterocycles. The number of nitrogens with one attached hydrogen (secondary N) is 1. The van der Waals surface area contributed by atoms with Crippen molar-refractivity contribution >= 4 is 24.5 Å². The van der Waals surface area contributed by atoms with Crippen LogP contribution in [0.1, 0.15) is 19.3 Å². The first-order valence-corrected chi connectivity index (χ1v) is 8.12. The second-order valence-electron chi connectivity index (χ2n) is 5.46. The number of halogens is 8. The lowest BCUT2D eigenvalue weighted by atomic mass is 10.1. The molecule has 1 N–H and O–H groups in total. The molecule has 0 fully saturated rings. The van der Waals surface area contributed by atoms with Crippen LogP contribution in [0, 0.1) is 0 Å². The van der Waals surface area contributed by atoms with E-state index in [9.17, 15) is 44.7 Å². The molecule has 0 spiro atoms. The Morgan fingerprint density at radius 2 is 1.62 bits per heavy atom. The number of ether oxygens (including phenoxy) is 2. The molecule has 1 unspecified atom stereocenters. The molecule has 29 heavy (non-hydrogen) atoms. The topological polar surface area (TPSA) is 64.6 Å². The summed E-state index contributed by atoms with van der Waals surface area (Å²) in [6, 6.07) is 0. The quantitative estimate of drug-likeness (QED) is 0.0884. The molecular weight excluding hydrogens is 442 g/mol. The van der Waals surface area contributed by atoms with Crippen LogP contribution in [0.3, 0.4) is 0 Å². The summed E-state index contributed by atoms with van der Waals surface area (Å²) in [5, 5.41) is -3.01. The highest BCUT2D eigenvalue weighted by Gasteiger charge is 2.66. The molecule has 0 saturated carbocycles. The number of hydrogen-bond donors (Lipinski definition) is 2. The molecule has 1 amide bonds. The highest BCUT2D eigenvalue weighted by molar-refractivity contribution is 7.81. The summed E-state index contributed by atoms with van der Waals surface area (Å²) in [5.41, 5.74) is 0. The van der Waals surface area contributed by atoms with Gasteiger partial charge in [-0.25, -0.2) is 4.79 Å². The fraction of sp³-hybridized carbons (Fsp3) is 0.600. The molecule has 0 aliphatic heterocycles. The summed E-state index contributed by atoms with van der Waals surface area (Å²) >= 11 is 2.43. The van der Waals surface area contributed by atoms with Crippen molar-refractivity contribution in [3.63, 3.8) is 0 Å². The van der Waals surface area contributed by atoms with Crippen molar-refractivity contribution in [1.29, 1.82) is 0 Å². The zero-order chi connectivity index (χ0) is 23.1. The van der Waals surface area contributed by atoms with Crippen LogP contribution in [0.25, 0.3) is 0 Å². The highest BCUT2D eigenvalue weighted by atomic mass is 32.1. The lowest BCUT2D eigenvalue weighted by molar-refractivity contribution is -0.347. The van der Waals surface area contributed by atoms with E-state index in [-0.39, 0.29) is 0 Å². The third-order valence-corrected chi connectivity index (χ3v) is 3.49. The van der Waals surface area contributed by atoms with E-state index < -0.39 is 73.3 Å². The van der Waals surface area contributed by atoms with Gasteiger partial charge in [0.2, 0.25) is 5.83 Å². The van der Waals surface area contributed by atoms with Crippen LogP contribution in [0.2, 0.25) is 0 Å². The molecule has 0 heterocycles.